The second-order valence-electron chi connectivity index (χ2n) is 4.46. The zero-order valence-corrected chi connectivity index (χ0v) is 9.80. The molecule has 2 heteroatoms. The van der Waals surface area contributed by atoms with E-state index in [2.05, 4.69) is 12.1 Å². The van der Waals surface area contributed by atoms with Gasteiger partial charge in [-0.3, -0.25) is 0 Å². The molecule has 0 aliphatic rings. The first-order valence-electron chi connectivity index (χ1n) is 5.64. The molecular weight excluding hydrogens is 212 g/mol. The smallest absolute Gasteiger partial charge is 0.163 e. The molecule has 0 atom stereocenters. The Labute approximate surface area is 101 Å². The molecule has 88 valence electrons. The van der Waals surface area contributed by atoms with E-state index in [0.717, 1.165) is 16.7 Å². The molecule has 0 saturated carbocycles. The third-order valence-electron chi connectivity index (χ3n) is 2.60. The predicted molar refractivity (Wildman–Crippen MR) is 68.4 cm³/mol. The maximum atomic E-state index is 9.31. The molecule has 0 unspecified atom stereocenters. The minimum Gasteiger partial charge on any atom is -0.366 e. The number of rotatable bonds is 3. The van der Waals surface area contributed by atoms with Crippen LogP contribution >= 0.6 is 0 Å². The van der Waals surface area contributed by atoms with Crippen LogP contribution in [0.5, 0.6) is 0 Å². The van der Waals surface area contributed by atoms with Crippen LogP contribution in [0.25, 0.3) is 11.1 Å². The topological polar surface area (TPSA) is 40.5 Å². The first kappa shape index (κ1) is 11.8. The molecule has 2 N–H and O–H groups in total. The minimum atomic E-state index is -1.64. The van der Waals surface area contributed by atoms with Gasteiger partial charge in [-0.25, -0.2) is 0 Å². The van der Waals surface area contributed by atoms with E-state index in [1.807, 2.05) is 42.5 Å². The fourth-order valence-electron chi connectivity index (χ4n) is 1.83. The van der Waals surface area contributed by atoms with Gasteiger partial charge in [0.25, 0.3) is 0 Å². The van der Waals surface area contributed by atoms with Crippen molar-refractivity contribution < 1.29 is 10.2 Å². The van der Waals surface area contributed by atoms with Crippen molar-refractivity contribution in [2.75, 3.05) is 0 Å². The molecule has 0 radical (unpaired) electrons. The summed E-state index contributed by atoms with van der Waals surface area (Å²) in [7, 11) is 0. The average molecular weight is 228 g/mol. The average Bonchev–Trinajstić information content (AvgIpc) is 2.29. The normalized spacial score (nSPS) is 11.5. The Morgan fingerprint density at radius 2 is 1.35 bits per heavy atom. The van der Waals surface area contributed by atoms with E-state index in [-0.39, 0.29) is 6.42 Å². The number of aliphatic hydroxyl groups is 2. The van der Waals surface area contributed by atoms with Crippen molar-refractivity contribution in [1.82, 2.24) is 0 Å². The van der Waals surface area contributed by atoms with E-state index in [1.54, 1.807) is 0 Å². The molecule has 2 aromatic rings. The molecular formula is C15H16O2. The lowest BCUT2D eigenvalue weighted by atomic mass is 10.0. The quantitative estimate of drug-likeness (QED) is 0.793. The van der Waals surface area contributed by atoms with Crippen LogP contribution in [0.4, 0.5) is 0 Å². The number of hydrogen-bond acceptors (Lipinski definition) is 2. The molecule has 0 aliphatic carbocycles. The Bertz CT molecular complexity index is 467. The zero-order valence-electron chi connectivity index (χ0n) is 9.80. The van der Waals surface area contributed by atoms with E-state index >= 15 is 0 Å². The molecule has 0 saturated heterocycles. The molecule has 2 rings (SSSR count). The molecule has 2 nitrogen and oxygen atoms in total. The van der Waals surface area contributed by atoms with E-state index in [1.165, 1.54) is 6.92 Å². The molecule has 0 fully saturated rings. The lowest BCUT2D eigenvalue weighted by Crippen LogP contribution is -2.25. The Kier molecular flexibility index (Phi) is 3.27. The molecule has 0 aliphatic heterocycles. The van der Waals surface area contributed by atoms with Gasteiger partial charge in [-0.05, 0) is 23.6 Å². The van der Waals surface area contributed by atoms with Crippen LogP contribution in [-0.4, -0.2) is 16.0 Å². The van der Waals surface area contributed by atoms with E-state index in [9.17, 15) is 10.2 Å². The molecule has 0 bridgehead atoms. The highest BCUT2D eigenvalue weighted by molar-refractivity contribution is 5.63. The highest BCUT2D eigenvalue weighted by Crippen LogP contribution is 2.20. The Morgan fingerprint density at radius 3 is 1.88 bits per heavy atom. The monoisotopic (exact) mass is 228 g/mol. The summed E-state index contributed by atoms with van der Waals surface area (Å²) in [6.07, 6.45) is 0.238. The van der Waals surface area contributed by atoms with Crippen LogP contribution in [0.15, 0.2) is 54.6 Å². The SMILES string of the molecule is CC(O)(O)Cc1ccc(-c2ccccc2)cc1. The summed E-state index contributed by atoms with van der Waals surface area (Å²) in [5.74, 6) is -1.64. The lowest BCUT2D eigenvalue weighted by Gasteiger charge is -2.15. The second-order valence-corrected chi connectivity index (χ2v) is 4.46. The number of benzene rings is 2. The summed E-state index contributed by atoms with van der Waals surface area (Å²) in [5, 5.41) is 18.6. The molecule has 2 aromatic carbocycles. The zero-order chi connectivity index (χ0) is 12.3. The predicted octanol–water partition coefficient (Wildman–Crippen LogP) is 2.60. The third-order valence-corrected chi connectivity index (χ3v) is 2.60. The van der Waals surface area contributed by atoms with Crippen molar-refractivity contribution in [3.63, 3.8) is 0 Å². The summed E-state index contributed by atoms with van der Waals surface area (Å²) in [4.78, 5) is 0. The first-order valence-corrected chi connectivity index (χ1v) is 5.64. The second kappa shape index (κ2) is 4.70. The van der Waals surface area contributed by atoms with Gasteiger partial charge >= 0.3 is 0 Å². The summed E-state index contributed by atoms with van der Waals surface area (Å²) in [6.45, 7) is 1.39. The molecule has 0 spiro atoms. The van der Waals surface area contributed by atoms with Crippen molar-refractivity contribution in [2.24, 2.45) is 0 Å². The molecule has 0 heterocycles. The van der Waals surface area contributed by atoms with Crippen LogP contribution in [0, 0.1) is 0 Å². The van der Waals surface area contributed by atoms with E-state index < -0.39 is 5.79 Å². The first-order chi connectivity index (χ1) is 8.04. The summed E-state index contributed by atoms with van der Waals surface area (Å²) in [5.41, 5.74) is 3.21. The van der Waals surface area contributed by atoms with Crippen molar-refractivity contribution in [1.29, 1.82) is 0 Å². The van der Waals surface area contributed by atoms with E-state index in [4.69, 9.17) is 0 Å². The Morgan fingerprint density at radius 1 is 0.824 bits per heavy atom. The summed E-state index contributed by atoms with van der Waals surface area (Å²) >= 11 is 0. The van der Waals surface area contributed by atoms with Gasteiger partial charge in [-0.2, -0.15) is 0 Å². The maximum Gasteiger partial charge on any atom is 0.163 e. The Hall–Kier alpha value is -1.64. The van der Waals surface area contributed by atoms with Gasteiger partial charge in [0, 0.05) is 6.42 Å². The van der Waals surface area contributed by atoms with Crippen molar-refractivity contribution >= 4 is 0 Å². The van der Waals surface area contributed by atoms with Crippen molar-refractivity contribution in [2.45, 2.75) is 19.1 Å². The van der Waals surface area contributed by atoms with Crippen LogP contribution in [0.1, 0.15) is 12.5 Å². The van der Waals surface area contributed by atoms with Crippen LogP contribution in [0.2, 0.25) is 0 Å². The van der Waals surface area contributed by atoms with Crippen molar-refractivity contribution in [3.8, 4) is 11.1 Å². The standard InChI is InChI=1S/C15H16O2/c1-15(16,17)11-12-7-9-14(10-8-12)13-5-3-2-4-6-13/h2-10,16-17H,11H2,1H3. The van der Waals surface area contributed by atoms with Gasteiger partial charge in [0.1, 0.15) is 0 Å². The van der Waals surface area contributed by atoms with Crippen LogP contribution in [-0.2, 0) is 6.42 Å². The van der Waals surface area contributed by atoms with Crippen molar-refractivity contribution in [3.05, 3.63) is 60.2 Å². The summed E-state index contributed by atoms with van der Waals surface area (Å²) < 4.78 is 0. The lowest BCUT2D eigenvalue weighted by molar-refractivity contribution is -0.142. The minimum absolute atomic E-state index is 0.238. The third kappa shape index (κ3) is 3.41. The Balaban J connectivity index is 2.19. The molecule has 0 amide bonds. The molecule has 0 aromatic heterocycles. The molecule has 17 heavy (non-hydrogen) atoms. The highest BCUT2D eigenvalue weighted by Gasteiger charge is 2.15. The van der Waals surface area contributed by atoms with Crippen LogP contribution in [0.3, 0.4) is 0 Å². The highest BCUT2D eigenvalue weighted by atomic mass is 16.5. The number of hydrogen-bond donors (Lipinski definition) is 2. The maximum absolute atomic E-state index is 9.31. The largest absolute Gasteiger partial charge is 0.366 e. The van der Waals surface area contributed by atoms with Gasteiger partial charge in [0.2, 0.25) is 0 Å². The van der Waals surface area contributed by atoms with Gasteiger partial charge < -0.3 is 10.2 Å². The van der Waals surface area contributed by atoms with Gasteiger partial charge in [-0.15, -0.1) is 0 Å². The van der Waals surface area contributed by atoms with Gasteiger partial charge in [-0.1, -0.05) is 54.6 Å². The fraction of sp³-hybridized carbons (Fsp3) is 0.200. The summed E-state index contributed by atoms with van der Waals surface area (Å²) in [6, 6.07) is 17.9. The fourth-order valence-corrected chi connectivity index (χ4v) is 1.83. The van der Waals surface area contributed by atoms with Gasteiger partial charge in [0.15, 0.2) is 5.79 Å². The van der Waals surface area contributed by atoms with Crippen LogP contribution < -0.4 is 0 Å². The van der Waals surface area contributed by atoms with E-state index in [0.29, 0.717) is 0 Å². The van der Waals surface area contributed by atoms with Gasteiger partial charge in [0.05, 0.1) is 0 Å².